The molecule has 2 N–H and O–H groups in total. The Morgan fingerprint density at radius 2 is 1.80 bits per heavy atom. The molecule has 0 aliphatic rings. The van der Waals surface area contributed by atoms with Gasteiger partial charge in [-0.3, -0.25) is 10.1 Å². The number of rotatable bonds is 6. The molecule has 112 valence electrons. The van der Waals surface area contributed by atoms with E-state index in [9.17, 15) is 9.18 Å². The second kappa shape index (κ2) is 6.84. The van der Waals surface area contributed by atoms with Gasteiger partial charge in [-0.25, -0.2) is 4.39 Å². The summed E-state index contributed by atoms with van der Waals surface area (Å²) >= 11 is 0. The lowest BCUT2D eigenvalue weighted by atomic mass is 10.0. The lowest BCUT2D eigenvalue weighted by molar-refractivity contribution is -0.124. The first-order valence-electron chi connectivity index (χ1n) is 7.08. The molecule has 0 saturated carbocycles. The first kappa shape index (κ1) is 16.6. The summed E-state index contributed by atoms with van der Waals surface area (Å²) in [5, 5.41) is 6.24. The Morgan fingerprint density at radius 1 is 1.25 bits per heavy atom. The van der Waals surface area contributed by atoms with Crippen LogP contribution in [0.3, 0.4) is 0 Å². The molecule has 0 spiro atoms. The topological polar surface area (TPSA) is 41.1 Å². The van der Waals surface area contributed by atoms with Gasteiger partial charge in [-0.15, -0.1) is 0 Å². The zero-order valence-corrected chi connectivity index (χ0v) is 13.0. The highest BCUT2D eigenvalue weighted by atomic mass is 19.1. The minimum absolute atomic E-state index is 0.0129. The molecule has 0 aliphatic carbocycles. The van der Waals surface area contributed by atoms with E-state index in [1.807, 2.05) is 34.6 Å². The summed E-state index contributed by atoms with van der Waals surface area (Å²) in [6, 6.07) is 6.00. The van der Waals surface area contributed by atoms with Crippen LogP contribution in [0.1, 0.15) is 52.6 Å². The average molecular weight is 280 g/mol. The Kier molecular flexibility index (Phi) is 5.69. The molecule has 20 heavy (non-hydrogen) atoms. The SMILES string of the molecule is CCC(C)(C)NC(=O)C(C)NC(C)c1ccc(F)cc1. The van der Waals surface area contributed by atoms with Gasteiger partial charge in [0.05, 0.1) is 6.04 Å². The van der Waals surface area contributed by atoms with Crippen LogP contribution >= 0.6 is 0 Å². The van der Waals surface area contributed by atoms with E-state index in [4.69, 9.17) is 0 Å². The highest BCUT2D eigenvalue weighted by Crippen LogP contribution is 2.14. The molecule has 2 unspecified atom stereocenters. The van der Waals surface area contributed by atoms with Crippen LogP contribution in [0, 0.1) is 5.82 Å². The molecule has 1 aromatic rings. The Labute approximate surface area is 121 Å². The van der Waals surface area contributed by atoms with Gasteiger partial charge in [0, 0.05) is 11.6 Å². The lowest BCUT2D eigenvalue weighted by Crippen LogP contribution is -2.51. The van der Waals surface area contributed by atoms with Gasteiger partial charge >= 0.3 is 0 Å². The standard InChI is InChI=1S/C16H25FN2O/c1-6-16(4,5)19-15(20)12(3)18-11(2)13-7-9-14(17)10-8-13/h7-12,18H,6H2,1-5H3,(H,19,20). The second-order valence-corrected chi connectivity index (χ2v) is 5.89. The van der Waals surface area contributed by atoms with Gasteiger partial charge in [-0.2, -0.15) is 0 Å². The van der Waals surface area contributed by atoms with E-state index in [1.165, 1.54) is 12.1 Å². The summed E-state index contributed by atoms with van der Waals surface area (Å²) in [5.74, 6) is -0.276. The number of amides is 1. The number of hydrogen-bond donors (Lipinski definition) is 2. The predicted octanol–water partition coefficient (Wildman–Crippen LogP) is 3.17. The molecule has 0 saturated heterocycles. The molecular weight excluding hydrogens is 255 g/mol. The van der Waals surface area contributed by atoms with Gasteiger partial charge in [0.25, 0.3) is 0 Å². The van der Waals surface area contributed by atoms with Gasteiger partial charge in [0.15, 0.2) is 0 Å². The fourth-order valence-electron chi connectivity index (χ4n) is 1.83. The van der Waals surface area contributed by atoms with Gasteiger partial charge in [0.1, 0.15) is 5.82 Å². The third-order valence-electron chi connectivity index (χ3n) is 3.61. The van der Waals surface area contributed by atoms with Crippen LogP contribution in [0.25, 0.3) is 0 Å². The van der Waals surface area contributed by atoms with E-state index < -0.39 is 0 Å². The van der Waals surface area contributed by atoms with Crippen molar-refractivity contribution < 1.29 is 9.18 Å². The van der Waals surface area contributed by atoms with Gasteiger partial charge in [0.2, 0.25) is 5.91 Å². The second-order valence-electron chi connectivity index (χ2n) is 5.89. The summed E-state index contributed by atoms with van der Waals surface area (Å²) in [4.78, 5) is 12.1. The molecular formula is C16H25FN2O. The number of carbonyl (C=O) groups excluding carboxylic acids is 1. The van der Waals surface area contributed by atoms with E-state index in [0.29, 0.717) is 0 Å². The average Bonchev–Trinajstić information content (AvgIpc) is 2.38. The highest BCUT2D eigenvalue weighted by molar-refractivity contribution is 5.82. The minimum atomic E-state index is -0.305. The fourth-order valence-corrected chi connectivity index (χ4v) is 1.83. The molecule has 0 aliphatic heterocycles. The van der Waals surface area contributed by atoms with Crippen molar-refractivity contribution in [3.8, 4) is 0 Å². The van der Waals surface area contributed by atoms with Crippen molar-refractivity contribution >= 4 is 5.91 Å². The van der Waals surface area contributed by atoms with Crippen molar-refractivity contribution in [3.05, 3.63) is 35.6 Å². The summed E-state index contributed by atoms with van der Waals surface area (Å²) in [6.45, 7) is 9.84. The van der Waals surface area contributed by atoms with Crippen LogP contribution < -0.4 is 10.6 Å². The molecule has 0 bridgehead atoms. The van der Waals surface area contributed by atoms with Crippen LogP contribution in [0.2, 0.25) is 0 Å². The highest BCUT2D eigenvalue weighted by Gasteiger charge is 2.22. The normalized spacial score (nSPS) is 14.7. The Morgan fingerprint density at radius 3 is 2.30 bits per heavy atom. The van der Waals surface area contributed by atoms with E-state index >= 15 is 0 Å². The maximum Gasteiger partial charge on any atom is 0.237 e. The molecule has 2 atom stereocenters. The molecule has 0 fully saturated rings. The maximum atomic E-state index is 12.9. The molecule has 1 rings (SSSR count). The Balaban J connectivity index is 2.59. The van der Waals surface area contributed by atoms with Gasteiger partial charge < -0.3 is 5.32 Å². The molecule has 0 heterocycles. The van der Waals surface area contributed by atoms with Crippen LogP contribution in [0.15, 0.2) is 24.3 Å². The first-order chi connectivity index (χ1) is 9.25. The van der Waals surface area contributed by atoms with E-state index in [2.05, 4.69) is 10.6 Å². The molecule has 0 aromatic heterocycles. The maximum absolute atomic E-state index is 12.9. The largest absolute Gasteiger partial charge is 0.350 e. The lowest BCUT2D eigenvalue weighted by Gasteiger charge is -2.28. The molecule has 0 radical (unpaired) electrons. The third kappa shape index (κ3) is 4.93. The molecule has 1 aromatic carbocycles. The number of benzene rings is 1. The number of carbonyl (C=O) groups is 1. The van der Waals surface area contributed by atoms with E-state index in [-0.39, 0.29) is 29.3 Å². The van der Waals surface area contributed by atoms with Gasteiger partial charge in [-0.05, 0) is 51.8 Å². The van der Waals surface area contributed by atoms with Crippen molar-refractivity contribution in [3.63, 3.8) is 0 Å². The first-order valence-corrected chi connectivity index (χ1v) is 7.08. The summed E-state index contributed by atoms with van der Waals surface area (Å²) in [7, 11) is 0. The predicted molar refractivity (Wildman–Crippen MR) is 79.9 cm³/mol. The number of halogens is 1. The summed E-state index contributed by atoms with van der Waals surface area (Å²) in [5.41, 5.74) is 0.757. The third-order valence-corrected chi connectivity index (χ3v) is 3.61. The van der Waals surface area contributed by atoms with E-state index in [0.717, 1.165) is 12.0 Å². The van der Waals surface area contributed by atoms with Crippen molar-refractivity contribution in [1.29, 1.82) is 0 Å². The van der Waals surface area contributed by atoms with Gasteiger partial charge in [-0.1, -0.05) is 19.1 Å². The quantitative estimate of drug-likeness (QED) is 0.840. The smallest absolute Gasteiger partial charge is 0.237 e. The van der Waals surface area contributed by atoms with Crippen molar-refractivity contribution in [2.24, 2.45) is 0 Å². The van der Waals surface area contributed by atoms with E-state index in [1.54, 1.807) is 12.1 Å². The molecule has 4 heteroatoms. The fraction of sp³-hybridized carbons (Fsp3) is 0.562. The Hall–Kier alpha value is -1.42. The van der Waals surface area contributed by atoms with Crippen molar-refractivity contribution in [1.82, 2.24) is 10.6 Å². The zero-order chi connectivity index (χ0) is 15.3. The monoisotopic (exact) mass is 280 g/mol. The summed E-state index contributed by atoms with van der Waals surface area (Å²) < 4.78 is 12.9. The van der Waals surface area contributed by atoms with Crippen LogP contribution in [-0.2, 0) is 4.79 Å². The minimum Gasteiger partial charge on any atom is -0.350 e. The zero-order valence-electron chi connectivity index (χ0n) is 13.0. The number of hydrogen-bond acceptors (Lipinski definition) is 2. The number of nitrogens with one attached hydrogen (secondary N) is 2. The van der Waals surface area contributed by atoms with Crippen molar-refractivity contribution in [2.75, 3.05) is 0 Å². The van der Waals surface area contributed by atoms with Crippen molar-refractivity contribution in [2.45, 2.75) is 58.7 Å². The molecule has 1 amide bonds. The van der Waals surface area contributed by atoms with Crippen LogP contribution in [-0.4, -0.2) is 17.5 Å². The Bertz CT molecular complexity index is 442. The van der Waals surface area contributed by atoms with Crippen LogP contribution in [0.5, 0.6) is 0 Å². The molecule has 3 nitrogen and oxygen atoms in total. The van der Waals surface area contributed by atoms with Crippen LogP contribution in [0.4, 0.5) is 4.39 Å². The summed E-state index contributed by atoms with van der Waals surface area (Å²) in [6.07, 6.45) is 0.874.